The van der Waals surface area contributed by atoms with Crippen molar-refractivity contribution in [2.45, 2.75) is 70.6 Å². The molecule has 2 atom stereocenters. The van der Waals surface area contributed by atoms with Crippen molar-refractivity contribution < 1.29 is 14.3 Å². The molecule has 0 bridgehead atoms. The third-order valence-corrected chi connectivity index (χ3v) is 6.21. The standard InChI is InChI=1S/C22H33FN2O2/c1-17(2)14-20(26)21(27)24-11-4-8-22(10-13-24)9-5-12-25(22)16-18-6-3-7-19(23)15-18/h3,6-7,15,17,20,26H,4-5,8-14,16H2,1-2H3. The lowest BCUT2D eigenvalue weighted by atomic mass is 9.87. The summed E-state index contributed by atoms with van der Waals surface area (Å²) in [5.41, 5.74) is 1.12. The van der Waals surface area contributed by atoms with E-state index in [9.17, 15) is 14.3 Å². The number of hydrogen-bond acceptors (Lipinski definition) is 3. The second-order valence-corrected chi connectivity index (χ2v) is 8.70. The van der Waals surface area contributed by atoms with Crippen molar-refractivity contribution in [3.63, 3.8) is 0 Å². The maximum Gasteiger partial charge on any atom is 0.251 e. The highest BCUT2D eigenvalue weighted by Gasteiger charge is 2.42. The molecular formula is C22H33FN2O2. The third kappa shape index (κ3) is 4.88. The van der Waals surface area contributed by atoms with E-state index in [1.807, 2.05) is 24.8 Å². The normalized spacial score (nSPS) is 25.1. The molecule has 2 heterocycles. The van der Waals surface area contributed by atoms with Gasteiger partial charge < -0.3 is 10.0 Å². The van der Waals surface area contributed by atoms with Crippen LogP contribution in [0.15, 0.2) is 24.3 Å². The van der Waals surface area contributed by atoms with E-state index < -0.39 is 6.10 Å². The molecule has 4 nitrogen and oxygen atoms in total. The smallest absolute Gasteiger partial charge is 0.251 e. The van der Waals surface area contributed by atoms with Crippen LogP contribution in [0.2, 0.25) is 0 Å². The molecule has 0 radical (unpaired) electrons. The molecule has 3 rings (SSSR count). The average molecular weight is 377 g/mol. The largest absolute Gasteiger partial charge is 0.383 e. The minimum atomic E-state index is -0.883. The Morgan fingerprint density at radius 1 is 1.19 bits per heavy atom. The van der Waals surface area contributed by atoms with Gasteiger partial charge in [-0.3, -0.25) is 9.69 Å². The molecule has 1 aromatic rings. The van der Waals surface area contributed by atoms with Crippen molar-refractivity contribution >= 4 is 5.91 Å². The average Bonchev–Trinajstić information content (AvgIpc) is 2.85. The lowest BCUT2D eigenvalue weighted by Gasteiger charge is -2.38. The molecule has 2 fully saturated rings. The molecule has 0 aromatic heterocycles. The highest BCUT2D eigenvalue weighted by molar-refractivity contribution is 5.80. The van der Waals surface area contributed by atoms with Gasteiger partial charge in [0.1, 0.15) is 11.9 Å². The van der Waals surface area contributed by atoms with Crippen molar-refractivity contribution in [3.8, 4) is 0 Å². The summed E-state index contributed by atoms with van der Waals surface area (Å²) < 4.78 is 13.6. The van der Waals surface area contributed by atoms with Crippen LogP contribution >= 0.6 is 0 Å². The predicted octanol–water partition coefficient (Wildman–Crippen LogP) is 3.58. The maximum atomic E-state index is 13.6. The highest BCUT2D eigenvalue weighted by Crippen LogP contribution is 2.39. The minimum Gasteiger partial charge on any atom is -0.383 e. The molecule has 1 amide bonds. The molecule has 2 aliphatic heterocycles. The highest BCUT2D eigenvalue weighted by atomic mass is 19.1. The fourth-order valence-corrected chi connectivity index (χ4v) is 4.82. The van der Waals surface area contributed by atoms with E-state index in [0.717, 1.165) is 57.3 Å². The SMILES string of the molecule is CC(C)CC(O)C(=O)N1CCCC2(CCCN2Cc2cccc(F)c2)CC1. The summed E-state index contributed by atoms with van der Waals surface area (Å²) in [7, 11) is 0. The number of carbonyl (C=O) groups is 1. The number of halogens is 1. The van der Waals surface area contributed by atoms with Gasteiger partial charge >= 0.3 is 0 Å². The van der Waals surface area contributed by atoms with E-state index in [0.29, 0.717) is 18.9 Å². The fourth-order valence-electron chi connectivity index (χ4n) is 4.82. The molecule has 0 saturated carbocycles. The summed E-state index contributed by atoms with van der Waals surface area (Å²) in [6, 6.07) is 6.88. The van der Waals surface area contributed by atoms with Gasteiger partial charge in [-0.05, 0) is 68.7 Å². The maximum absolute atomic E-state index is 13.6. The van der Waals surface area contributed by atoms with Crippen LogP contribution in [0.5, 0.6) is 0 Å². The van der Waals surface area contributed by atoms with Gasteiger partial charge in [-0.2, -0.15) is 0 Å². The minimum absolute atomic E-state index is 0.102. The Morgan fingerprint density at radius 3 is 2.63 bits per heavy atom. The van der Waals surface area contributed by atoms with Crippen LogP contribution in [0.4, 0.5) is 4.39 Å². The molecule has 1 spiro atoms. The van der Waals surface area contributed by atoms with Crippen LogP contribution in [-0.4, -0.2) is 52.1 Å². The predicted molar refractivity (Wildman–Crippen MR) is 105 cm³/mol. The van der Waals surface area contributed by atoms with Crippen molar-refractivity contribution in [1.29, 1.82) is 0 Å². The number of benzene rings is 1. The van der Waals surface area contributed by atoms with Crippen LogP contribution in [0.25, 0.3) is 0 Å². The molecule has 27 heavy (non-hydrogen) atoms. The summed E-state index contributed by atoms with van der Waals surface area (Å²) in [5, 5.41) is 10.2. The quantitative estimate of drug-likeness (QED) is 0.854. The van der Waals surface area contributed by atoms with Crippen LogP contribution < -0.4 is 0 Å². The Balaban J connectivity index is 1.65. The molecule has 2 saturated heterocycles. The van der Waals surface area contributed by atoms with Crippen LogP contribution in [0.1, 0.15) is 57.9 Å². The van der Waals surface area contributed by atoms with Crippen molar-refractivity contribution in [1.82, 2.24) is 9.80 Å². The summed E-state index contributed by atoms with van der Waals surface area (Å²) in [4.78, 5) is 17.0. The van der Waals surface area contributed by atoms with Crippen molar-refractivity contribution in [3.05, 3.63) is 35.6 Å². The molecule has 2 unspecified atom stereocenters. The molecule has 5 heteroatoms. The second kappa shape index (κ2) is 8.70. The Labute approximate surface area is 162 Å². The Kier molecular flexibility index (Phi) is 6.53. The number of carbonyl (C=O) groups excluding carboxylic acids is 1. The Bertz CT molecular complexity index is 651. The zero-order valence-corrected chi connectivity index (χ0v) is 16.7. The van der Waals surface area contributed by atoms with Crippen molar-refractivity contribution in [2.75, 3.05) is 19.6 Å². The molecular weight excluding hydrogens is 343 g/mol. The first-order valence-corrected chi connectivity index (χ1v) is 10.4. The van der Waals surface area contributed by atoms with E-state index in [1.54, 1.807) is 12.1 Å². The third-order valence-electron chi connectivity index (χ3n) is 6.21. The zero-order chi connectivity index (χ0) is 19.4. The van der Waals surface area contributed by atoms with Gasteiger partial charge in [0.2, 0.25) is 0 Å². The van der Waals surface area contributed by atoms with E-state index in [4.69, 9.17) is 0 Å². The van der Waals surface area contributed by atoms with Crippen LogP contribution in [0.3, 0.4) is 0 Å². The van der Waals surface area contributed by atoms with Gasteiger partial charge in [-0.1, -0.05) is 26.0 Å². The summed E-state index contributed by atoms with van der Waals surface area (Å²) in [6.07, 6.45) is 4.88. The summed E-state index contributed by atoms with van der Waals surface area (Å²) >= 11 is 0. The zero-order valence-electron chi connectivity index (χ0n) is 16.7. The Morgan fingerprint density at radius 2 is 1.93 bits per heavy atom. The van der Waals surface area contributed by atoms with Gasteiger partial charge in [-0.25, -0.2) is 4.39 Å². The number of amides is 1. The first kappa shape index (κ1) is 20.3. The number of likely N-dealkylation sites (tertiary alicyclic amines) is 2. The van der Waals surface area contributed by atoms with Crippen LogP contribution in [0, 0.1) is 11.7 Å². The number of aliphatic hydroxyl groups is 1. The van der Waals surface area contributed by atoms with Crippen LogP contribution in [-0.2, 0) is 11.3 Å². The van der Waals surface area contributed by atoms with Gasteiger partial charge in [0, 0.05) is 25.2 Å². The van der Waals surface area contributed by atoms with Gasteiger partial charge in [0.25, 0.3) is 5.91 Å². The Hall–Kier alpha value is -1.46. The molecule has 0 aliphatic carbocycles. The van der Waals surface area contributed by atoms with E-state index in [2.05, 4.69) is 4.90 Å². The molecule has 1 N–H and O–H groups in total. The lowest BCUT2D eigenvalue weighted by molar-refractivity contribution is -0.141. The van der Waals surface area contributed by atoms with Crippen molar-refractivity contribution in [2.24, 2.45) is 5.92 Å². The number of nitrogens with zero attached hydrogens (tertiary/aromatic N) is 2. The van der Waals surface area contributed by atoms with Gasteiger partial charge in [0.15, 0.2) is 0 Å². The number of rotatable bonds is 5. The first-order chi connectivity index (χ1) is 12.9. The number of aliphatic hydroxyl groups excluding tert-OH is 1. The lowest BCUT2D eigenvalue weighted by Crippen LogP contribution is -2.45. The molecule has 150 valence electrons. The summed E-state index contributed by atoms with van der Waals surface area (Å²) in [6.45, 7) is 7.27. The monoisotopic (exact) mass is 376 g/mol. The van der Waals surface area contributed by atoms with Gasteiger partial charge in [-0.15, -0.1) is 0 Å². The van der Waals surface area contributed by atoms with E-state index >= 15 is 0 Å². The fraction of sp³-hybridized carbons (Fsp3) is 0.682. The van der Waals surface area contributed by atoms with E-state index in [1.165, 1.54) is 6.07 Å². The van der Waals surface area contributed by atoms with E-state index in [-0.39, 0.29) is 17.3 Å². The first-order valence-electron chi connectivity index (χ1n) is 10.4. The summed E-state index contributed by atoms with van der Waals surface area (Å²) in [5.74, 6) is 0.00631. The molecule has 1 aromatic carbocycles. The molecule has 2 aliphatic rings. The number of hydrogen-bond donors (Lipinski definition) is 1. The second-order valence-electron chi connectivity index (χ2n) is 8.70. The van der Waals surface area contributed by atoms with Gasteiger partial charge in [0.05, 0.1) is 0 Å². The topological polar surface area (TPSA) is 43.8 Å².